The van der Waals surface area contributed by atoms with Gasteiger partial charge in [0.2, 0.25) is 0 Å². The Kier molecular flexibility index (Phi) is 5.28. The van der Waals surface area contributed by atoms with E-state index < -0.39 is 10.1 Å². The summed E-state index contributed by atoms with van der Waals surface area (Å²) in [5, 5.41) is 8.99. The van der Waals surface area contributed by atoms with Crippen LogP contribution >= 0.6 is 27.5 Å². The van der Waals surface area contributed by atoms with Gasteiger partial charge in [0.05, 0.1) is 22.3 Å². The highest BCUT2D eigenvalue weighted by molar-refractivity contribution is 9.10. The average Bonchev–Trinajstić information content (AvgIpc) is 2.64. The van der Waals surface area contributed by atoms with Crippen molar-refractivity contribution in [3.8, 4) is 22.9 Å². The molecule has 0 bridgehead atoms. The van der Waals surface area contributed by atoms with E-state index >= 15 is 0 Å². The second-order valence-corrected chi connectivity index (χ2v) is 7.95. The highest BCUT2D eigenvalue weighted by Gasteiger charge is 2.18. The van der Waals surface area contributed by atoms with Gasteiger partial charge in [0.25, 0.3) is 0 Å². The Labute approximate surface area is 164 Å². The zero-order valence-electron chi connectivity index (χ0n) is 13.1. The van der Waals surface area contributed by atoms with E-state index in [1.807, 2.05) is 12.1 Å². The van der Waals surface area contributed by atoms with Crippen LogP contribution in [0, 0.1) is 11.3 Å². The van der Waals surface area contributed by atoms with Crippen molar-refractivity contribution >= 4 is 37.6 Å². The molecule has 0 fully saturated rings. The molecule has 0 amide bonds. The largest absolute Gasteiger partial charge is 0.379 e. The van der Waals surface area contributed by atoms with Crippen molar-refractivity contribution in [2.75, 3.05) is 0 Å². The predicted molar refractivity (Wildman–Crippen MR) is 101 cm³/mol. The van der Waals surface area contributed by atoms with Crippen molar-refractivity contribution in [3.63, 3.8) is 0 Å². The molecule has 0 atom stereocenters. The van der Waals surface area contributed by atoms with Crippen LogP contribution in [0.15, 0.2) is 70.2 Å². The topological polar surface area (TPSA) is 80.0 Å². The minimum atomic E-state index is -4.03. The van der Waals surface area contributed by atoms with Crippen molar-refractivity contribution in [3.05, 3.63) is 76.0 Å². The summed E-state index contributed by atoms with van der Waals surface area (Å²) in [5.41, 5.74) is 2.35. The first kappa shape index (κ1) is 18.4. The van der Waals surface area contributed by atoms with Crippen molar-refractivity contribution in [1.29, 1.82) is 5.26 Å². The summed E-state index contributed by atoms with van der Waals surface area (Å²) in [6.07, 6.45) is 1.13. The number of hydrogen-bond acceptors (Lipinski definition) is 5. The first-order valence-electron chi connectivity index (χ1n) is 7.25. The maximum absolute atomic E-state index is 12.3. The Morgan fingerprint density at radius 2 is 1.62 bits per heavy atom. The molecule has 0 saturated heterocycles. The standard InChI is InChI=1S/C18H10BrClN2O3S/c19-17-9-16(11-22-18(17)20)26(23,24)25-15-7-5-14(6-8-15)13-3-1-12(10-21)2-4-13/h1-9,11H. The van der Waals surface area contributed by atoms with Crippen molar-refractivity contribution < 1.29 is 12.6 Å². The van der Waals surface area contributed by atoms with Crippen LogP contribution < -0.4 is 4.18 Å². The van der Waals surface area contributed by atoms with Gasteiger partial charge in [0.15, 0.2) is 0 Å². The van der Waals surface area contributed by atoms with Crippen LogP contribution in [0.2, 0.25) is 5.15 Å². The van der Waals surface area contributed by atoms with Crippen molar-refractivity contribution in [2.45, 2.75) is 4.90 Å². The van der Waals surface area contributed by atoms with E-state index in [0.717, 1.165) is 17.3 Å². The second kappa shape index (κ2) is 7.46. The second-order valence-electron chi connectivity index (χ2n) is 5.19. The van der Waals surface area contributed by atoms with E-state index in [4.69, 9.17) is 21.0 Å². The van der Waals surface area contributed by atoms with Gasteiger partial charge in [-0.2, -0.15) is 13.7 Å². The molecule has 26 heavy (non-hydrogen) atoms. The van der Waals surface area contributed by atoms with Crippen molar-refractivity contribution in [2.24, 2.45) is 0 Å². The number of aromatic nitrogens is 1. The minimum absolute atomic E-state index is 0.107. The van der Waals surface area contributed by atoms with Gasteiger partial charge < -0.3 is 4.18 Å². The maximum Gasteiger partial charge on any atom is 0.340 e. The highest BCUT2D eigenvalue weighted by atomic mass is 79.9. The Balaban J connectivity index is 1.82. The summed E-state index contributed by atoms with van der Waals surface area (Å²) in [6.45, 7) is 0. The molecule has 0 aliphatic heterocycles. The lowest BCUT2D eigenvalue weighted by Crippen LogP contribution is -2.10. The minimum Gasteiger partial charge on any atom is -0.379 e. The molecule has 3 rings (SSSR count). The van der Waals surface area contributed by atoms with Gasteiger partial charge in [-0.05, 0) is 57.4 Å². The molecular formula is C18H10BrClN2O3S. The molecule has 0 spiro atoms. The average molecular weight is 450 g/mol. The number of hydrogen-bond donors (Lipinski definition) is 0. The molecule has 0 radical (unpaired) electrons. The van der Waals surface area contributed by atoms with Crippen molar-refractivity contribution in [1.82, 2.24) is 4.98 Å². The monoisotopic (exact) mass is 448 g/mol. The lowest BCUT2D eigenvalue weighted by molar-refractivity contribution is 0.485. The third-order valence-corrected chi connectivity index (χ3v) is 5.81. The fraction of sp³-hybridized carbons (Fsp3) is 0. The van der Waals surface area contributed by atoms with Gasteiger partial charge in [-0.25, -0.2) is 4.98 Å². The van der Waals surface area contributed by atoms with Gasteiger partial charge in [-0.3, -0.25) is 0 Å². The normalized spacial score (nSPS) is 11.0. The lowest BCUT2D eigenvalue weighted by atomic mass is 10.0. The molecule has 3 aromatic rings. The van der Waals surface area contributed by atoms with Gasteiger partial charge in [-0.1, -0.05) is 35.9 Å². The smallest absolute Gasteiger partial charge is 0.340 e. The Morgan fingerprint density at radius 1 is 1.04 bits per heavy atom. The molecule has 0 saturated carbocycles. The SMILES string of the molecule is N#Cc1ccc(-c2ccc(OS(=O)(=O)c3cnc(Cl)c(Br)c3)cc2)cc1. The van der Waals surface area contributed by atoms with Crippen LogP contribution in [0.4, 0.5) is 0 Å². The molecule has 0 unspecified atom stereocenters. The van der Waals surface area contributed by atoms with Crippen LogP contribution in [0.5, 0.6) is 5.75 Å². The van der Waals surface area contributed by atoms with Crippen LogP contribution in [0.25, 0.3) is 11.1 Å². The zero-order chi connectivity index (χ0) is 18.7. The fourth-order valence-corrected chi connectivity index (χ4v) is 3.66. The first-order valence-corrected chi connectivity index (χ1v) is 9.83. The third-order valence-electron chi connectivity index (χ3n) is 3.47. The van der Waals surface area contributed by atoms with Gasteiger partial charge in [0, 0.05) is 0 Å². The summed E-state index contributed by atoms with van der Waals surface area (Å²) in [7, 11) is -4.03. The summed E-state index contributed by atoms with van der Waals surface area (Å²) in [4.78, 5) is 3.68. The third kappa shape index (κ3) is 4.05. The Hall–Kier alpha value is -2.40. The number of nitriles is 1. The van der Waals surface area contributed by atoms with Crippen LogP contribution in [-0.2, 0) is 10.1 Å². The number of rotatable bonds is 4. The van der Waals surface area contributed by atoms with E-state index in [2.05, 4.69) is 27.0 Å². The molecule has 0 N–H and O–H groups in total. The van der Waals surface area contributed by atoms with Crippen LogP contribution in [-0.4, -0.2) is 13.4 Å². The summed E-state index contributed by atoms with van der Waals surface area (Å²) in [5.74, 6) is 0.175. The molecule has 1 aromatic heterocycles. The quantitative estimate of drug-likeness (QED) is 0.422. The van der Waals surface area contributed by atoms with Crippen LogP contribution in [0.3, 0.4) is 0 Å². The van der Waals surface area contributed by atoms with E-state index in [1.165, 1.54) is 6.07 Å². The Bertz CT molecular complexity index is 1090. The van der Waals surface area contributed by atoms with E-state index in [-0.39, 0.29) is 15.8 Å². The number of pyridine rings is 1. The molecule has 8 heteroatoms. The zero-order valence-corrected chi connectivity index (χ0v) is 16.2. The molecule has 0 aliphatic rings. The van der Waals surface area contributed by atoms with E-state index in [1.54, 1.807) is 36.4 Å². The summed E-state index contributed by atoms with van der Waals surface area (Å²) >= 11 is 8.91. The van der Waals surface area contributed by atoms with Crippen LogP contribution in [0.1, 0.15) is 5.56 Å². The van der Waals surface area contributed by atoms with Gasteiger partial charge in [-0.15, -0.1) is 0 Å². The molecule has 2 aromatic carbocycles. The summed E-state index contributed by atoms with van der Waals surface area (Å²) in [6, 6.07) is 17.1. The molecule has 0 aliphatic carbocycles. The highest BCUT2D eigenvalue weighted by Crippen LogP contribution is 2.27. The number of nitrogens with zero attached hydrogens (tertiary/aromatic N) is 2. The summed E-state index contributed by atoms with van der Waals surface area (Å²) < 4.78 is 30.2. The molecule has 130 valence electrons. The molecular weight excluding hydrogens is 440 g/mol. The fourth-order valence-electron chi connectivity index (χ4n) is 2.16. The van der Waals surface area contributed by atoms with E-state index in [9.17, 15) is 8.42 Å². The number of halogens is 2. The lowest BCUT2D eigenvalue weighted by Gasteiger charge is -2.08. The number of benzene rings is 2. The molecule has 1 heterocycles. The predicted octanol–water partition coefficient (Wildman–Crippen LogP) is 4.80. The molecule has 5 nitrogen and oxygen atoms in total. The first-order chi connectivity index (χ1) is 12.4. The Morgan fingerprint density at radius 3 is 2.15 bits per heavy atom. The van der Waals surface area contributed by atoms with E-state index in [0.29, 0.717) is 10.0 Å². The maximum atomic E-state index is 12.3. The van der Waals surface area contributed by atoms with Gasteiger partial charge in [0.1, 0.15) is 15.8 Å². The van der Waals surface area contributed by atoms with Gasteiger partial charge >= 0.3 is 10.1 Å².